The van der Waals surface area contributed by atoms with Crippen LogP contribution in [0.1, 0.15) is 84.6 Å². The van der Waals surface area contributed by atoms with E-state index in [0.717, 1.165) is 55.1 Å². The van der Waals surface area contributed by atoms with Gasteiger partial charge in [-0.25, -0.2) is 0 Å². The largest absolute Gasteiger partial charge is 0.375 e. The molecule has 3 nitrogen and oxygen atoms in total. The molecule has 196 valence electrons. The van der Waals surface area contributed by atoms with E-state index in [1.165, 1.54) is 60.3 Å². The topological polar surface area (TPSA) is 23.6 Å². The molecule has 37 heavy (non-hydrogen) atoms. The van der Waals surface area contributed by atoms with Gasteiger partial charge in [-0.05, 0) is 91.7 Å². The molecule has 0 spiro atoms. The molecule has 3 aliphatic heterocycles. The van der Waals surface area contributed by atoms with Crippen LogP contribution >= 0.6 is 0 Å². The summed E-state index contributed by atoms with van der Waals surface area (Å²) >= 11 is 0. The van der Waals surface area contributed by atoms with Gasteiger partial charge in [0.2, 0.25) is 0 Å². The molecule has 0 saturated carbocycles. The highest BCUT2D eigenvalue weighted by Gasteiger charge is 2.35. The van der Waals surface area contributed by atoms with Crippen molar-refractivity contribution in [2.24, 2.45) is 11.8 Å². The Balaban J connectivity index is 1.59. The van der Waals surface area contributed by atoms with Crippen LogP contribution in [0.4, 0.5) is 5.69 Å². The first-order valence-corrected chi connectivity index (χ1v) is 14.8. The highest BCUT2D eigenvalue weighted by Crippen LogP contribution is 2.46. The van der Waals surface area contributed by atoms with Crippen LogP contribution in [0.25, 0.3) is 0 Å². The molecule has 3 heterocycles. The van der Waals surface area contributed by atoms with E-state index >= 15 is 0 Å². The van der Waals surface area contributed by atoms with Gasteiger partial charge in [-0.15, -0.1) is 0 Å². The maximum Gasteiger partial charge on any atom is 0.164 e. The molecule has 1 aromatic carbocycles. The van der Waals surface area contributed by atoms with Crippen molar-refractivity contribution < 1.29 is 4.79 Å². The smallest absolute Gasteiger partial charge is 0.164 e. The molecule has 1 unspecified atom stereocenters. The third-order valence-electron chi connectivity index (χ3n) is 8.96. The zero-order valence-electron chi connectivity index (χ0n) is 23.4. The lowest BCUT2D eigenvalue weighted by Gasteiger charge is -2.42. The number of nitrogens with zero attached hydrogens (tertiary/aromatic N) is 2. The summed E-state index contributed by atoms with van der Waals surface area (Å²) in [6.07, 6.45) is 19.3. The molecule has 0 N–H and O–H groups in total. The number of allylic oxidation sites excluding steroid dienone is 7. The van der Waals surface area contributed by atoms with E-state index in [9.17, 15) is 4.79 Å². The van der Waals surface area contributed by atoms with Gasteiger partial charge in [0, 0.05) is 42.2 Å². The van der Waals surface area contributed by atoms with E-state index in [1.54, 1.807) is 0 Å². The SMILES string of the molecule is CCC(=O)C1=CC2=CC=C(N3CCCC(CC)CCC3)C(C)CC=C2N2C1=C(CC)Cc1ccccc12. The summed E-state index contributed by atoms with van der Waals surface area (Å²) in [4.78, 5) is 18.4. The second-order valence-corrected chi connectivity index (χ2v) is 11.3. The lowest BCUT2D eigenvalue weighted by Crippen LogP contribution is -2.35. The third-order valence-corrected chi connectivity index (χ3v) is 8.96. The number of Topliss-reactive ketones (excluding diaryl/α,β-unsaturated/α-hetero) is 1. The molecule has 0 amide bonds. The molecule has 1 aliphatic carbocycles. The predicted octanol–water partition coefficient (Wildman–Crippen LogP) is 8.27. The van der Waals surface area contributed by atoms with Crippen molar-refractivity contribution in [2.75, 3.05) is 18.0 Å². The highest BCUT2D eigenvalue weighted by atomic mass is 16.1. The van der Waals surface area contributed by atoms with Crippen LogP contribution in [0, 0.1) is 11.8 Å². The number of hydrogen-bond acceptors (Lipinski definition) is 3. The second kappa shape index (κ2) is 11.3. The number of ketones is 1. The van der Waals surface area contributed by atoms with Crippen molar-refractivity contribution in [2.45, 2.75) is 85.5 Å². The monoisotopic (exact) mass is 496 g/mol. The number of carbonyl (C=O) groups excluding carboxylic acids is 1. The molecule has 1 aromatic rings. The molecule has 1 fully saturated rings. The number of carbonyl (C=O) groups is 1. The summed E-state index contributed by atoms with van der Waals surface area (Å²) in [6.45, 7) is 11.3. The molecule has 1 atom stereocenters. The Bertz CT molecular complexity index is 1180. The van der Waals surface area contributed by atoms with Gasteiger partial charge in [-0.3, -0.25) is 4.79 Å². The fourth-order valence-corrected chi connectivity index (χ4v) is 6.73. The number of fused-ring (bicyclic) bond motifs is 5. The number of para-hydroxylation sites is 1. The van der Waals surface area contributed by atoms with Gasteiger partial charge < -0.3 is 9.80 Å². The first-order valence-electron chi connectivity index (χ1n) is 14.8. The average molecular weight is 497 g/mol. The maximum absolute atomic E-state index is 13.3. The Labute approximate surface area is 224 Å². The normalized spacial score (nSPS) is 22.8. The number of likely N-dealkylation sites (tertiary alicyclic amines) is 1. The molecular weight excluding hydrogens is 452 g/mol. The first kappa shape index (κ1) is 25.8. The van der Waals surface area contributed by atoms with E-state index in [1.807, 2.05) is 6.92 Å². The van der Waals surface area contributed by atoms with E-state index in [-0.39, 0.29) is 5.78 Å². The Kier molecular flexibility index (Phi) is 7.88. The van der Waals surface area contributed by atoms with Gasteiger partial charge in [-0.2, -0.15) is 0 Å². The predicted molar refractivity (Wildman–Crippen MR) is 155 cm³/mol. The molecule has 0 aromatic heterocycles. The lowest BCUT2D eigenvalue weighted by atomic mass is 9.83. The van der Waals surface area contributed by atoms with Gasteiger partial charge >= 0.3 is 0 Å². The van der Waals surface area contributed by atoms with Crippen LogP contribution < -0.4 is 4.90 Å². The van der Waals surface area contributed by atoms with Gasteiger partial charge in [0.25, 0.3) is 0 Å². The average Bonchev–Trinajstić information content (AvgIpc) is 2.90. The van der Waals surface area contributed by atoms with E-state index in [4.69, 9.17) is 0 Å². The molecule has 3 heteroatoms. The van der Waals surface area contributed by atoms with Crippen molar-refractivity contribution >= 4 is 11.5 Å². The van der Waals surface area contributed by atoms with Gasteiger partial charge in [0.1, 0.15) is 0 Å². The Morgan fingerprint density at radius 3 is 2.49 bits per heavy atom. The maximum atomic E-state index is 13.3. The minimum absolute atomic E-state index is 0.235. The second-order valence-electron chi connectivity index (χ2n) is 11.3. The summed E-state index contributed by atoms with van der Waals surface area (Å²) < 4.78 is 0. The standard InChI is InChI=1S/C34H44N2O/c1-5-25-12-10-20-35(21-11-13-25)30-19-17-28-23-29(33(37)7-3)34-26(6-2)22-27-14-8-9-15-31(27)36(34)32(28)18-16-24(30)4/h8-9,14-15,17-19,23-25H,5-7,10-13,16,20-22H2,1-4H3. The fraction of sp³-hybridized carbons (Fsp3) is 0.500. The van der Waals surface area contributed by atoms with Crippen LogP contribution in [0.5, 0.6) is 0 Å². The molecule has 0 bridgehead atoms. The molecule has 5 rings (SSSR count). The summed E-state index contributed by atoms with van der Waals surface area (Å²) in [5.41, 5.74) is 9.84. The minimum Gasteiger partial charge on any atom is -0.375 e. The van der Waals surface area contributed by atoms with Crippen LogP contribution in [0.3, 0.4) is 0 Å². The Morgan fingerprint density at radius 1 is 1.03 bits per heavy atom. The van der Waals surface area contributed by atoms with Crippen LogP contribution in [0.15, 0.2) is 82.4 Å². The van der Waals surface area contributed by atoms with Gasteiger partial charge in [0.05, 0.1) is 5.70 Å². The summed E-state index contributed by atoms with van der Waals surface area (Å²) in [5, 5.41) is 0. The van der Waals surface area contributed by atoms with E-state index in [0.29, 0.717) is 12.3 Å². The van der Waals surface area contributed by atoms with E-state index in [2.05, 4.69) is 79.1 Å². The summed E-state index contributed by atoms with van der Waals surface area (Å²) in [5.74, 6) is 1.61. The van der Waals surface area contributed by atoms with Crippen molar-refractivity contribution in [3.8, 4) is 0 Å². The van der Waals surface area contributed by atoms with Gasteiger partial charge in [-0.1, -0.05) is 64.5 Å². The molecule has 4 aliphatic rings. The molecule has 1 saturated heterocycles. The zero-order chi connectivity index (χ0) is 25.9. The Hall–Kier alpha value is -2.81. The minimum atomic E-state index is 0.235. The summed E-state index contributed by atoms with van der Waals surface area (Å²) in [7, 11) is 0. The first-order chi connectivity index (χ1) is 18.0. The summed E-state index contributed by atoms with van der Waals surface area (Å²) in [6, 6.07) is 8.75. The van der Waals surface area contributed by atoms with Crippen LogP contribution in [-0.4, -0.2) is 23.8 Å². The zero-order valence-corrected chi connectivity index (χ0v) is 23.4. The number of benzene rings is 1. The van der Waals surface area contributed by atoms with E-state index < -0.39 is 0 Å². The number of hydrogen-bond donors (Lipinski definition) is 0. The molecule has 0 radical (unpaired) electrons. The van der Waals surface area contributed by atoms with Crippen molar-refractivity contribution in [1.29, 1.82) is 0 Å². The lowest BCUT2D eigenvalue weighted by molar-refractivity contribution is -0.115. The van der Waals surface area contributed by atoms with Crippen LogP contribution in [0.2, 0.25) is 0 Å². The van der Waals surface area contributed by atoms with Crippen molar-refractivity contribution in [3.63, 3.8) is 0 Å². The van der Waals surface area contributed by atoms with Crippen molar-refractivity contribution in [3.05, 3.63) is 87.9 Å². The van der Waals surface area contributed by atoms with Crippen LogP contribution in [-0.2, 0) is 11.2 Å². The van der Waals surface area contributed by atoms with Gasteiger partial charge in [0.15, 0.2) is 5.78 Å². The fourth-order valence-electron chi connectivity index (χ4n) is 6.73. The Morgan fingerprint density at radius 2 is 1.78 bits per heavy atom. The quantitative estimate of drug-likeness (QED) is 0.410. The number of rotatable bonds is 5. The molecular formula is C34H44N2O. The van der Waals surface area contributed by atoms with Crippen molar-refractivity contribution in [1.82, 2.24) is 4.90 Å². The number of anilines is 1. The highest BCUT2D eigenvalue weighted by molar-refractivity contribution is 6.03. The third kappa shape index (κ3) is 5.02.